The number of fused-ring (bicyclic) bond motifs is 1. The van der Waals surface area contributed by atoms with Crippen LogP contribution in [0.25, 0.3) is 6.08 Å². The van der Waals surface area contributed by atoms with Crippen molar-refractivity contribution >= 4 is 35.0 Å². The molecule has 0 unspecified atom stereocenters. The van der Waals surface area contributed by atoms with Crippen LogP contribution in [0.4, 0.5) is 11.4 Å². The third kappa shape index (κ3) is 2.46. The van der Waals surface area contributed by atoms with E-state index in [2.05, 4.69) is 5.32 Å². The van der Waals surface area contributed by atoms with E-state index in [1.165, 1.54) is 0 Å². The largest absolute Gasteiger partial charge is 0.449 e. The van der Waals surface area contributed by atoms with E-state index in [1.54, 1.807) is 36.4 Å². The molecule has 0 atom stereocenters. The lowest BCUT2D eigenvalue weighted by Gasteiger charge is -2.20. The van der Waals surface area contributed by atoms with Crippen LogP contribution in [-0.4, -0.2) is 5.91 Å². The predicted molar refractivity (Wildman–Crippen MR) is 79.5 cm³/mol. The number of benzene rings is 2. The molecule has 1 aliphatic rings. The van der Waals surface area contributed by atoms with Gasteiger partial charge in [0.15, 0.2) is 11.5 Å². The maximum absolute atomic E-state index is 12.0. The van der Waals surface area contributed by atoms with E-state index in [1.807, 2.05) is 12.1 Å². The Morgan fingerprint density at radius 3 is 2.65 bits per heavy atom. The SMILES string of the molecule is Nc1ccc2c(c1)NC(=O)/C(=C/c1ccc(Cl)cc1)O2. The number of hydrogen-bond acceptors (Lipinski definition) is 3. The van der Waals surface area contributed by atoms with Crippen LogP contribution in [0.1, 0.15) is 5.56 Å². The van der Waals surface area contributed by atoms with Gasteiger partial charge in [0.1, 0.15) is 0 Å². The summed E-state index contributed by atoms with van der Waals surface area (Å²) in [4.78, 5) is 12.0. The lowest BCUT2D eigenvalue weighted by molar-refractivity contribution is -0.115. The number of ether oxygens (including phenoxy) is 1. The molecule has 0 aromatic heterocycles. The molecule has 4 nitrogen and oxygen atoms in total. The highest BCUT2D eigenvalue weighted by atomic mass is 35.5. The first-order valence-corrected chi connectivity index (χ1v) is 6.35. The first-order valence-electron chi connectivity index (χ1n) is 5.98. The van der Waals surface area contributed by atoms with E-state index in [0.717, 1.165) is 5.56 Å². The molecule has 1 heterocycles. The van der Waals surface area contributed by atoms with Gasteiger partial charge in [-0.25, -0.2) is 0 Å². The molecule has 0 radical (unpaired) electrons. The van der Waals surface area contributed by atoms with E-state index in [-0.39, 0.29) is 11.7 Å². The van der Waals surface area contributed by atoms with Crippen molar-refractivity contribution in [3.05, 3.63) is 58.8 Å². The Kier molecular flexibility index (Phi) is 3.08. The van der Waals surface area contributed by atoms with Crippen LogP contribution in [0.15, 0.2) is 48.2 Å². The van der Waals surface area contributed by atoms with Gasteiger partial charge in [-0.05, 0) is 42.0 Å². The molecular weight excluding hydrogens is 276 g/mol. The van der Waals surface area contributed by atoms with Crippen molar-refractivity contribution in [1.82, 2.24) is 0 Å². The van der Waals surface area contributed by atoms with Gasteiger partial charge in [0, 0.05) is 10.7 Å². The second-order valence-corrected chi connectivity index (χ2v) is 4.81. The Balaban J connectivity index is 1.94. The zero-order valence-corrected chi connectivity index (χ0v) is 11.1. The molecule has 3 N–H and O–H groups in total. The highest BCUT2D eigenvalue weighted by molar-refractivity contribution is 6.30. The summed E-state index contributed by atoms with van der Waals surface area (Å²) >= 11 is 5.82. The maximum atomic E-state index is 12.0. The van der Waals surface area contributed by atoms with Crippen molar-refractivity contribution in [2.24, 2.45) is 0 Å². The Morgan fingerprint density at radius 2 is 1.90 bits per heavy atom. The smallest absolute Gasteiger partial charge is 0.291 e. The Bertz CT molecular complexity index is 708. The summed E-state index contributed by atoms with van der Waals surface area (Å²) in [5.41, 5.74) is 7.64. The molecule has 2 aromatic rings. The quantitative estimate of drug-likeness (QED) is 0.624. The third-order valence-corrected chi connectivity index (χ3v) is 3.12. The molecule has 0 fully saturated rings. The summed E-state index contributed by atoms with van der Waals surface area (Å²) in [6, 6.07) is 12.2. The number of nitrogens with two attached hydrogens (primary N) is 1. The fraction of sp³-hybridized carbons (Fsp3) is 0. The molecule has 1 amide bonds. The molecule has 20 heavy (non-hydrogen) atoms. The van der Waals surface area contributed by atoms with Crippen molar-refractivity contribution in [1.29, 1.82) is 0 Å². The summed E-state index contributed by atoms with van der Waals surface area (Å²) < 4.78 is 5.59. The Hall–Kier alpha value is -2.46. The number of carbonyl (C=O) groups is 1. The summed E-state index contributed by atoms with van der Waals surface area (Å²) in [6.45, 7) is 0. The molecule has 0 bridgehead atoms. The van der Waals surface area contributed by atoms with Crippen LogP contribution in [0.5, 0.6) is 5.75 Å². The lowest BCUT2D eigenvalue weighted by atomic mass is 10.1. The van der Waals surface area contributed by atoms with Gasteiger partial charge in [0.25, 0.3) is 5.91 Å². The minimum atomic E-state index is -0.307. The van der Waals surface area contributed by atoms with Gasteiger partial charge in [-0.1, -0.05) is 23.7 Å². The fourth-order valence-corrected chi connectivity index (χ4v) is 2.01. The second kappa shape index (κ2) is 4.90. The minimum Gasteiger partial charge on any atom is -0.449 e. The van der Waals surface area contributed by atoms with Crippen molar-refractivity contribution in [3.8, 4) is 5.75 Å². The summed E-state index contributed by atoms with van der Waals surface area (Å²) in [7, 11) is 0. The van der Waals surface area contributed by atoms with Crippen LogP contribution >= 0.6 is 11.6 Å². The van der Waals surface area contributed by atoms with Gasteiger partial charge in [0.2, 0.25) is 0 Å². The molecule has 2 aromatic carbocycles. The standard InChI is InChI=1S/C15H11ClN2O2/c16-10-3-1-9(2-4-10)7-14-15(19)18-12-8-11(17)5-6-13(12)20-14/h1-8H,17H2,(H,18,19)/b14-7-. The van der Waals surface area contributed by atoms with Crippen molar-refractivity contribution in [3.63, 3.8) is 0 Å². The van der Waals surface area contributed by atoms with Crippen LogP contribution in [0.3, 0.4) is 0 Å². The van der Waals surface area contributed by atoms with Gasteiger partial charge in [-0.2, -0.15) is 0 Å². The summed E-state index contributed by atoms with van der Waals surface area (Å²) in [5.74, 6) is 0.488. The lowest BCUT2D eigenvalue weighted by Crippen LogP contribution is -2.23. The zero-order chi connectivity index (χ0) is 14.1. The number of amides is 1. The molecule has 0 saturated carbocycles. The Morgan fingerprint density at radius 1 is 1.15 bits per heavy atom. The van der Waals surface area contributed by atoms with Crippen molar-refractivity contribution in [2.45, 2.75) is 0 Å². The van der Waals surface area contributed by atoms with Crippen LogP contribution in [0, 0.1) is 0 Å². The molecule has 0 saturated heterocycles. The number of carbonyl (C=O) groups excluding carboxylic acids is 1. The van der Waals surface area contributed by atoms with E-state index in [9.17, 15) is 4.79 Å². The van der Waals surface area contributed by atoms with Gasteiger partial charge in [-0.3, -0.25) is 4.79 Å². The topological polar surface area (TPSA) is 64.3 Å². The molecule has 0 spiro atoms. The first-order chi connectivity index (χ1) is 9.61. The molecule has 100 valence electrons. The molecule has 3 rings (SSSR count). The van der Waals surface area contributed by atoms with Gasteiger partial charge >= 0.3 is 0 Å². The molecule has 5 heteroatoms. The number of hydrogen-bond donors (Lipinski definition) is 2. The fourth-order valence-electron chi connectivity index (χ4n) is 1.89. The van der Waals surface area contributed by atoms with Gasteiger partial charge < -0.3 is 15.8 Å². The Labute approximate surface area is 120 Å². The van der Waals surface area contributed by atoms with E-state index < -0.39 is 0 Å². The van der Waals surface area contributed by atoms with Crippen LogP contribution in [-0.2, 0) is 4.79 Å². The molecule has 1 aliphatic heterocycles. The second-order valence-electron chi connectivity index (χ2n) is 4.37. The van der Waals surface area contributed by atoms with Crippen LogP contribution in [0.2, 0.25) is 5.02 Å². The number of nitrogen functional groups attached to an aromatic ring is 1. The third-order valence-electron chi connectivity index (χ3n) is 2.86. The number of halogens is 1. The van der Waals surface area contributed by atoms with Gasteiger partial charge in [-0.15, -0.1) is 0 Å². The number of rotatable bonds is 1. The van der Waals surface area contributed by atoms with Crippen molar-refractivity contribution < 1.29 is 9.53 Å². The maximum Gasteiger partial charge on any atom is 0.291 e. The normalized spacial score (nSPS) is 15.4. The average Bonchev–Trinajstić information content (AvgIpc) is 2.42. The van der Waals surface area contributed by atoms with E-state index >= 15 is 0 Å². The summed E-state index contributed by atoms with van der Waals surface area (Å²) in [6.07, 6.45) is 1.66. The highest BCUT2D eigenvalue weighted by Crippen LogP contribution is 2.32. The number of nitrogens with one attached hydrogen (secondary N) is 1. The monoisotopic (exact) mass is 286 g/mol. The number of anilines is 2. The van der Waals surface area contributed by atoms with Crippen LogP contribution < -0.4 is 15.8 Å². The average molecular weight is 287 g/mol. The van der Waals surface area contributed by atoms with Gasteiger partial charge in [0.05, 0.1) is 5.69 Å². The van der Waals surface area contributed by atoms with E-state index in [4.69, 9.17) is 22.1 Å². The predicted octanol–water partition coefficient (Wildman–Crippen LogP) is 3.29. The molecular formula is C15H11ClN2O2. The zero-order valence-electron chi connectivity index (χ0n) is 10.4. The summed E-state index contributed by atoms with van der Waals surface area (Å²) in [5, 5.41) is 3.38. The minimum absolute atomic E-state index is 0.226. The highest BCUT2D eigenvalue weighted by Gasteiger charge is 2.21. The van der Waals surface area contributed by atoms with Crippen molar-refractivity contribution in [2.75, 3.05) is 11.1 Å². The first kappa shape index (κ1) is 12.6. The molecule has 0 aliphatic carbocycles. The van der Waals surface area contributed by atoms with E-state index in [0.29, 0.717) is 22.1 Å².